The van der Waals surface area contributed by atoms with Crippen LogP contribution in [0.3, 0.4) is 0 Å². The van der Waals surface area contributed by atoms with Crippen molar-refractivity contribution < 1.29 is 8.78 Å². The zero-order valence-corrected chi connectivity index (χ0v) is 11.0. The van der Waals surface area contributed by atoms with Crippen molar-refractivity contribution in [2.45, 2.75) is 45.6 Å². The maximum atomic E-state index is 13.1. The summed E-state index contributed by atoms with van der Waals surface area (Å²) in [7, 11) is 0. The third kappa shape index (κ3) is 5.10. The normalized spacial score (nSPS) is 14.5. The van der Waals surface area contributed by atoms with E-state index in [1.54, 1.807) is 0 Å². The lowest BCUT2D eigenvalue weighted by molar-refractivity contribution is 0.384. The van der Waals surface area contributed by atoms with E-state index in [0.29, 0.717) is 17.9 Å². The van der Waals surface area contributed by atoms with Gasteiger partial charge < -0.3 is 0 Å². The Morgan fingerprint density at radius 2 is 1.83 bits per heavy atom. The number of hydrogen-bond acceptors (Lipinski definition) is 2. The molecule has 1 aromatic rings. The number of hydrazine groups is 1. The average Bonchev–Trinajstić information content (AvgIpc) is 2.27. The fraction of sp³-hybridized carbons (Fsp3) is 0.571. The molecule has 2 unspecified atom stereocenters. The van der Waals surface area contributed by atoms with Gasteiger partial charge in [0.1, 0.15) is 11.6 Å². The van der Waals surface area contributed by atoms with Crippen LogP contribution in [0.1, 0.15) is 38.7 Å². The standard InChI is InChI=1S/C14H22F2N2/c1-3-4-10(2)5-14(18-17)8-11-6-12(15)9-13(16)7-11/h6-7,9-10,14,18H,3-5,8,17H2,1-2H3. The van der Waals surface area contributed by atoms with Crippen LogP contribution in [0.4, 0.5) is 8.78 Å². The Bertz CT molecular complexity index is 349. The Hall–Kier alpha value is -1.00. The summed E-state index contributed by atoms with van der Waals surface area (Å²) in [6, 6.07) is 3.65. The maximum Gasteiger partial charge on any atom is 0.126 e. The minimum atomic E-state index is -0.539. The molecule has 0 aromatic heterocycles. The number of benzene rings is 1. The van der Waals surface area contributed by atoms with Crippen LogP contribution in [-0.4, -0.2) is 6.04 Å². The van der Waals surface area contributed by atoms with E-state index in [-0.39, 0.29) is 6.04 Å². The van der Waals surface area contributed by atoms with Gasteiger partial charge in [-0.15, -0.1) is 0 Å². The maximum absolute atomic E-state index is 13.1. The summed E-state index contributed by atoms with van der Waals surface area (Å²) in [4.78, 5) is 0. The molecule has 0 heterocycles. The van der Waals surface area contributed by atoms with Crippen molar-refractivity contribution in [3.8, 4) is 0 Å². The molecule has 0 saturated carbocycles. The molecule has 1 rings (SSSR count). The third-order valence-electron chi connectivity index (χ3n) is 3.11. The second-order valence-corrected chi connectivity index (χ2v) is 4.97. The van der Waals surface area contributed by atoms with Crippen molar-refractivity contribution in [2.24, 2.45) is 11.8 Å². The van der Waals surface area contributed by atoms with Crippen LogP contribution in [-0.2, 0) is 6.42 Å². The predicted molar refractivity (Wildman–Crippen MR) is 69.9 cm³/mol. The zero-order valence-electron chi connectivity index (χ0n) is 11.0. The van der Waals surface area contributed by atoms with E-state index in [2.05, 4.69) is 19.3 Å². The number of rotatable bonds is 7. The van der Waals surface area contributed by atoms with Crippen LogP contribution in [0.5, 0.6) is 0 Å². The van der Waals surface area contributed by atoms with Gasteiger partial charge in [-0.2, -0.15) is 0 Å². The van der Waals surface area contributed by atoms with Gasteiger partial charge in [-0.1, -0.05) is 26.7 Å². The molecule has 0 aliphatic rings. The molecular weight excluding hydrogens is 234 g/mol. The molecule has 4 heteroatoms. The molecule has 2 atom stereocenters. The van der Waals surface area contributed by atoms with Crippen LogP contribution in [0, 0.1) is 17.6 Å². The Labute approximate surface area is 108 Å². The largest absolute Gasteiger partial charge is 0.271 e. The van der Waals surface area contributed by atoms with E-state index in [1.165, 1.54) is 12.1 Å². The number of nitrogens with one attached hydrogen (secondary N) is 1. The summed E-state index contributed by atoms with van der Waals surface area (Å²) in [6.45, 7) is 4.31. The monoisotopic (exact) mass is 256 g/mol. The average molecular weight is 256 g/mol. The molecule has 0 amide bonds. The quantitative estimate of drug-likeness (QED) is 0.581. The summed E-state index contributed by atoms with van der Waals surface area (Å²) >= 11 is 0. The molecule has 0 spiro atoms. The molecule has 0 saturated heterocycles. The lowest BCUT2D eigenvalue weighted by atomic mass is 9.93. The lowest BCUT2D eigenvalue weighted by Crippen LogP contribution is -2.38. The van der Waals surface area contributed by atoms with E-state index in [0.717, 1.165) is 25.3 Å². The van der Waals surface area contributed by atoms with Gasteiger partial charge in [-0.3, -0.25) is 11.3 Å². The van der Waals surface area contributed by atoms with Gasteiger partial charge >= 0.3 is 0 Å². The van der Waals surface area contributed by atoms with E-state index in [4.69, 9.17) is 5.84 Å². The van der Waals surface area contributed by atoms with Crippen molar-refractivity contribution in [3.63, 3.8) is 0 Å². The van der Waals surface area contributed by atoms with Gasteiger partial charge in [0.05, 0.1) is 0 Å². The fourth-order valence-electron chi connectivity index (χ4n) is 2.32. The number of nitrogens with two attached hydrogens (primary N) is 1. The van der Waals surface area contributed by atoms with Gasteiger partial charge in [0, 0.05) is 12.1 Å². The molecule has 0 bridgehead atoms. The highest BCUT2D eigenvalue weighted by Crippen LogP contribution is 2.16. The van der Waals surface area contributed by atoms with E-state index in [1.807, 2.05) is 0 Å². The summed E-state index contributed by atoms with van der Waals surface area (Å²) in [5.74, 6) is 4.98. The van der Waals surface area contributed by atoms with Gasteiger partial charge in [-0.25, -0.2) is 8.78 Å². The molecule has 0 radical (unpaired) electrons. The molecule has 0 aliphatic heterocycles. The number of halogens is 2. The number of hydrogen-bond donors (Lipinski definition) is 2. The van der Waals surface area contributed by atoms with Crippen LogP contribution >= 0.6 is 0 Å². The zero-order chi connectivity index (χ0) is 13.5. The van der Waals surface area contributed by atoms with Crippen LogP contribution < -0.4 is 11.3 Å². The van der Waals surface area contributed by atoms with E-state index >= 15 is 0 Å². The van der Waals surface area contributed by atoms with Crippen molar-refractivity contribution in [3.05, 3.63) is 35.4 Å². The molecule has 2 nitrogen and oxygen atoms in total. The minimum Gasteiger partial charge on any atom is -0.271 e. The van der Waals surface area contributed by atoms with Crippen molar-refractivity contribution >= 4 is 0 Å². The van der Waals surface area contributed by atoms with Gasteiger partial charge in [0.15, 0.2) is 0 Å². The van der Waals surface area contributed by atoms with Crippen molar-refractivity contribution in [2.75, 3.05) is 0 Å². The topological polar surface area (TPSA) is 38.0 Å². The van der Waals surface area contributed by atoms with E-state index < -0.39 is 11.6 Å². The van der Waals surface area contributed by atoms with Crippen LogP contribution in [0.15, 0.2) is 18.2 Å². The highest BCUT2D eigenvalue weighted by molar-refractivity contribution is 5.18. The molecular formula is C14H22F2N2. The first-order valence-corrected chi connectivity index (χ1v) is 6.46. The van der Waals surface area contributed by atoms with Crippen molar-refractivity contribution in [1.82, 2.24) is 5.43 Å². The third-order valence-corrected chi connectivity index (χ3v) is 3.11. The van der Waals surface area contributed by atoms with Gasteiger partial charge in [-0.05, 0) is 36.5 Å². The van der Waals surface area contributed by atoms with Gasteiger partial charge in [0.25, 0.3) is 0 Å². The molecule has 3 N–H and O–H groups in total. The second kappa shape index (κ2) is 7.44. The van der Waals surface area contributed by atoms with Crippen molar-refractivity contribution in [1.29, 1.82) is 0 Å². The minimum absolute atomic E-state index is 0.0488. The Balaban J connectivity index is 2.61. The fourth-order valence-corrected chi connectivity index (χ4v) is 2.32. The van der Waals surface area contributed by atoms with Crippen LogP contribution in [0.25, 0.3) is 0 Å². The first kappa shape index (κ1) is 15.1. The van der Waals surface area contributed by atoms with Crippen LogP contribution in [0.2, 0.25) is 0 Å². The summed E-state index contributed by atoms with van der Waals surface area (Å²) in [5.41, 5.74) is 3.37. The van der Waals surface area contributed by atoms with Gasteiger partial charge in [0.2, 0.25) is 0 Å². The smallest absolute Gasteiger partial charge is 0.126 e. The summed E-state index contributed by atoms with van der Waals surface area (Å²) in [5, 5.41) is 0. The Kier molecular flexibility index (Phi) is 6.22. The Morgan fingerprint density at radius 3 is 2.33 bits per heavy atom. The first-order valence-electron chi connectivity index (χ1n) is 6.46. The molecule has 0 aliphatic carbocycles. The molecule has 0 fully saturated rings. The molecule has 18 heavy (non-hydrogen) atoms. The second-order valence-electron chi connectivity index (χ2n) is 4.97. The SMILES string of the molecule is CCCC(C)CC(Cc1cc(F)cc(F)c1)NN. The predicted octanol–water partition coefficient (Wildman–Crippen LogP) is 3.17. The molecule has 102 valence electrons. The summed E-state index contributed by atoms with van der Waals surface area (Å²) in [6.07, 6.45) is 3.71. The lowest BCUT2D eigenvalue weighted by Gasteiger charge is -2.20. The highest BCUT2D eigenvalue weighted by Gasteiger charge is 2.13. The molecule has 1 aromatic carbocycles. The highest BCUT2D eigenvalue weighted by atomic mass is 19.1. The first-order chi connectivity index (χ1) is 8.55. The summed E-state index contributed by atoms with van der Waals surface area (Å²) < 4.78 is 26.1. The van der Waals surface area contributed by atoms with E-state index in [9.17, 15) is 8.78 Å². The Morgan fingerprint density at radius 1 is 1.22 bits per heavy atom.